The minimum absolute atomic E-state index is 0.286. The Hall–Kier alpha value is -1.32. The summed E-state index contributed by atoms with van der Waals surface area (Å²) in [6, 6.07) is 10.9. The highest BCUT2D eigenvalue weighted by atomic mass is 16.5. The smallest absolute Gasteiger partial charge is 0.0649 e. The first-order chi connectivity index (χ1) is 10.1. The predicted octanol–water partition coefficient (Wildman–Crippen LogP) is 3.81. The van der Waals surface area contributed by atoms with Crippen LogP contribution in [0.4, 0.5) is 0 Å². The van der Waals surface area contributed by atoms with E-state index in [0.717, 1.165) is 26.2 Å². The van der Waals surface area contributed by atoms with Gasteiger partial charge in [0.1, 0.15) is 0 Å². The average Bonchev–Trinajstić information content (AvgIpc) is 2.76. The zero-order valence-corrected chi connectivity index (χ0v) is 13.7. The quantitative estimate of drug-likeness (QED) is 0.799. The molecule has 0 bridgehead atoms. The Morgan fingerprint density at radius 1 is 1.14 bits per heavy atom. The number of nitrogens with one attached hydrogen (secondary N) is 1. The van der Waals surface area contributed by atoms with Crippen LogP contribution in [0.3, 0.4) is 0 Å². The van der Waals surface area contributed by atoms with Crippen molar-refractivity contribution in [2.45, 2.75) is 46.9 Å². The summed E-state index contributed by atoms with van der Waals surface area (Å²) in [4.78, 5) is 0. The van der Waals surface area contributed by atoms with Crippen LogP contribution < -0.4 is 5.32 Å². The molecule has 0 saturated carbocycles. The highest BCUT2D eigenvalue weighted by molar-refractivity contribution is 5.81. The number of ether oxygens (including phenoxy) is 1. The number of para-hydroxylation sites is 1. The molecule has 0 amide bonds. The van der Waals surface area contributed by atoms with Gasteiger partial charge in [-0.05, 0) is 43.8 Å². The summed E-state index contributed by atoms with van der Waals surface area (Å²) in [7, 11) is 0. The number of hydrogen-bond donors (Lipinski definition) is 1. The highest BCUT2D eigenvalue weighted by Gasteiger charge is 2.08. The molecule has 0 saturated heterocycles. The van der Waals surface area contributed by atoms with Gasteiger partial charge in [0.05, 0.1) is 12.7 Å². The second-order valence-corrected chi connectivity index (χ2v) is 6.29. The van der Waals surface area contributed by atoms with Crippen molar-refractivity contribution in [3.05, 3.63) is 36.0 Å². The van der Waals surface area contributed by atoms with E-state index in [9.17, 15) is 0 Å². The summed E-state index contributed by atoms with van der Waals surface area (Å²) in [5.74, 6) is 0.673. The van der Waals surface area contributed by atoms with Gasteiger partial charge < -0.3 is 14.6 Å². The Labute approximate surface area is 128 Å². The van der Waals surface area contributed by atoms with Crippen LogP contribution >= 0.6 is 0 Å². The van der Waals surface area contributed by atoms with Crippen LogP contribution in [0, 0.1) is 5.92 Å². The van der Waals surface area contributed by atoms with Gasteiger partial charge in [-0.25, -0.2) is 0 Å². The molecule has 0 fully saturated rings. The Balaban J connectivity index is 2.13. The topological polar surface area (TPSA) is 26.2 Å². The molecule has 3 heteroatoms. The first-order valence-corrected chi connectivity index (χ1v) is 7.97. The molecule has 1 heterocycles. The molecule has 0 spiro atoms. The molecule has 2 aromatic rings. The van der Waals surface area contributed by atoms with Crippen molar-refractivity contribution in [2.24, 2.45) is 5.92 Å². The van der Waals surface area contributed by atoms with Crippen molar-refractivity contribution in [3.63, 3.8) is 0 Å². The summed E-state index contributed by atoms with van der Waals surface area (Å²) in [5.41, 5.74) is 2.63. The van der Waals surface area contributed by atoms with Crippen molar-refractivity contribution in [2.75, 3.05) is 13.2 Å². The number of nitrogens with zero attached hydrogens (tertiary/aromatic N) is 1. The van der Waals surface area contributed by atoms with E-state index in [2.05, 4.69) is 67.9 Å². The Morgan fingerprint density at radius 2 is 1.90 bits per heavy atom. The van der Waals surface area contributed by atoms with Crippen molar-refractivity contribution in [1.82, 2.24) is 9.88 Å². The van der Waals surface area contributed by atoms with Crippen molar-refractivity contribution < 1.29 is 4.74 Å². The Bertz CT molecular complexity index is 557. The van der Waals surface area contributed by atoms with Crippen LogP contribution in [0.2, 0.25) is 0 Å². The van der Waals surface area contributed by atoms with E-state index in [0.29, 0.717) is 5.92 Å². The molecule has 116 valence electrons. The maximum absolute atomic E-state index is 5.72. The van der Waals surface area contributed by atoms with Gasteiger partial charge in [0.25, 0.3) is 0 Å². The molecule has 3 nitrogen and oxygen atoms in total. The minimum Gasteiger partial charge on any atom is -0.377 e. The summed E-state index contributed by atoms with van der Waals surface area (Å²) >= 11 is 0. The van der Waals surface area contributed by atoms with E-state index in [4.69, 9.17) is 4.74 Å². The average molecular weight is 288 g/mol. The van der Waals surface area contributed by atoms with Gasteiger partial charge in [-0.2, -0.15) is 0 Å². The molecule has 1 N–H and O–H groups in total. The second kappa shape index (κ2) is 7.62. The van der Waals surface area contributed by atoms with Gasteiger partial charge in [0.15, 0.2) is 0 Å². The Morgan fingerprint density at radius 3 is 2.62 bits per heavy atom. The second-order valence-electron chi connectivity index (χ2n) is 6.29. The largest absolute Gasteiger partial charge is 0.377 e. The fourth-order valence-electron chi connectivity index (χ4n) is 2.55. The van der Waals surface area contributed by atoms with Gasteiger partial charge >= 0.3 is 0 Å². The van der Waals surface area contributed by atoms with Gasteiger partial charge in [0.2, 0.25) is 0 Å². The molecular weight excluding hydrogens is 260 g/mol. The number of fused-ring (bicyclic) bond motifs is 1. The molecular formula is C18H28N2O. The summed E-state index contributed by atoms with van der Waals surface area (Å²) in [5, 5.41) is 4.85. The van der Waals surface area contributed by atoms with Crippen LogP contribution in [0.15, 0.2) is 30.3 Å². The van der Waals surface area contributed by atoms with Gasteiger partial charge in [0, 0.05) is 24.3 Å². The molecule has 0 atom stereocenters. The van der Waals surface area contributed by atoms with Crippen LogP contribution in [0.5, 0.6) is 0 Å². The summed E-state index contributed by atoms with van der Waals surface area (Å²) in [6.07, 6.45) is 0.286. The number of benzene rings is 1. The lowest BCUT2D eigenvalue weighted by atomic mass is 10.2. The lowest BCUT2D eigenvalue weighted by molar-refractivity contribution is 0.0729. The molecule has 21 heavy (non-hydrogen) atoms. The van der Waals surface area contributed by atoms with E-state index >= 15 is 0 Å². The summed E-state index contributed by atoms with van der Waals surface area (Å²) in [6.45, 7) is 12.3. The molecule has 0 aliphatic carbocycles. The molecule has 1 aromatic carbocycles. The van der Waals surface area contributed by atoms with Crippen LogP contribution in [0.25, 0.3) is 10.9 Å². The van der Waals surface area contributed by atoms with E-state index in [1.807, 2.05) is 0 Å². The molecule has 0 aliphatic rings. The minimum atomic E-state index is 0.286. The Kier molecular flexibility index (Phi) is 5.83. The zero-order valence-electron chi connectivity index (χ0n) is 13.7. The van der Waals surface area contributed by atoms with Gasteiger partial charge in [-0.15, -0.1) is 0 Å². The molecule has 2 rings (SSSR count). The van der Waals surface area contributed by atoms with Crippen molar-refractivity contribution in [1.29, 1.82) is 0 Å². The lowest BCUT2D eigenvalue weighted by Gasteiger charge is -2.14. The zero-order chi connectivity index (χ0) is 15.2. The molecule has 1 aromatic heterocycles. The van der Waals surface area contributed by atoms with Crippen LogP contribution in [-0.2, 0) is 17.8 Å². The third kappa shape index (κ3) is 4.58. The van der Waals surface area contributed by atoms with Crippen LogP contribution in [-0.4, -0.2) is 23.8 Å². The van der Waals surface area contributed by atoms with Crippen molar-refractivity contribution >= 4 is 10.9 Å². The predicted molar refractivity (Wildman–Crippen MR) is 89.6 cm³/mol. The maximum Gasteiger partial charge on any atom is 0.0649 e. The normalized spacial score (nSPS) is 11.9. The fraction of sp³-hybridized carbons (Fsp3) is 0.556. The highest BCUT2D eigenvalue weighted by Crippen LogP contribution is 2.20. The fourth-order valence-corrected chi connectivity index (χ4v) is 2.55. The van der Waals surface area contributed by atoms with Crippen LogP contribution in [0.1, 0.15) is 33.4 Å². The van der Waals surface area contributed by atoms with Gasteiger partial charge in [-0.1, -0.05) is 32.0 Å². The maximum atomic E-state index is 5.72. The molecule has 0 unspecified atom stereocenters. The summed E-state index contributed by atoms with van der Waals surface area (Å²) < 4.78 is 8.10. The number of hydrogen-bond acceptors (Lipinski definition) is 2. The molecule has 0 radical (unpaired) electrons. The monoisotopic (exact) mass is 288 g/mol. The molecule has 0 aliphatic heterocycles. The van der Waals surface area contributed by atoms with E-state index in [1.165, 1.54) is 16.6 Å². The van der Waals surface area contributed by atoms with Crippen molar-refractivity contribution in [3.8, 4) is 0 Å². The first kappa shape index (κ1) is 16.1. The SMILES string of the molecule is CC(C)CNCc1cc2ccccc2n1CCOC(C)C. The third-order valence-corrected chi connectivity index (χ3v) is 3.52. The standard InChI is InChI=1S/C18H28N2O/c1-14(2)12-19-13-17-11-16-7-5-6-8-18(16)20(17)9-10-21-15(3)4/h5-8,11,14-15,19H,9-10,12-13H2,1-4H3. The lowest BCUT2D eigenvalue weighted by Crippen LogP contribution is -2.21. The van der Waals surface area contributed by atoms with E-state index in [-0.39, 0.29) is 6.10 Å². The number of aromatic nitrogens is 1. The first-order valence-electron chi connectivity index (χ1n) is 7.97. The van der Waals surface area contributed by atoms with Gasteiger partial charge in [-0.3, -0.25) is 0 Å². The number of rotatable bonds is 8. The van der Waals surface area contributed by atoms with E-state index in [1.54, 1.807) is 0 Å². The third-order valence-electron chi connectivity index (χ3n) is 3.52. The van der Waals surface area contributed by atoms with E-state index < -0.39 is 0 Å².